The van der Waals surface area contributed by atoms with Gasteiger partial charge in [0.25, 0.3) is 0 Å². The lowest BCUT2D eigenvalue weighted by atomic mass is 10.0. The SMILES string of the molecule is COC(=O)c1cccn1C1CCN(C(=O)CCc2ccc(OC)c(F)c2)CC1. The van der Waals surface area contributed by atoms with Crippen molar-refractivity contribution in [3.05, 3.63) is 53.6 Å². The fourth-order valence-electron chi connectivity index (χ4n) is 3.66. The van der Waals surface area contributed by atoms with Gasteiger partial charge >= 0.3 is 5.97 Å². The van der Waals surface area contributed by atoms with E-state index < -0.39 is 5.82 Å². The van der Waals surface area contributed by atoms with Crippen LogP contribution in [0.2, 0.25) is 0 Å². The van der Waals surface area contributed by atoms with Crippen LogP contribution in [0.1, 0.15) is 41.4 Å². The Kier molecular flexibility index (Phi) is 6.34. The molecule has 1 saturated heterocycles. The zero-order valence-electron chi connectivity index (χ0n) is 16.2. The van der Waals surface area contributed by atoms with E-state index in [0.29, 0.717) is 31.6 Å². The Labute approximate surface area is 163 Å². The van der Waals surface area contributed by atoms with Crippen molar-refractivity contribution in [2.75, 3.05) is 27.3 Å². The van der Waals surface area contributed by atoms with Crippen molar-refractivity contribution < 1.29 is 23.5 Å². The molecule has 0 saturated carbocycles. The van der Waals surface area contributed by atoms with Gasteiger partial charge in [-0.25, -0.2) is 9.18 Å². The number of esters is 1. The molecule has 1 aromatic carbocycles. The van der Waals surface area contributed by atoms with Crippen molar-refractivity contribution in [1.29, 1.82) is 0 Å². The van der Waals surface area contributed by atoms with E-state index in [-0.39, 0.29) is 23.7 Å². The number of aryl methyl sites for hydroxylation is 1. The Morgan fingerprint density at radius 3 is 2.57 bits per heavy atom. The van der Waals surface area contributed by atoms with Crippen LogP contribution >= 0.6 is 0 Å². The average molecular weight is 388 g/mol. The summed E-state index contributed by atoms with van der Waals surface area (Å²) >= 11 is 0. The van der Waals surface area contributed by atoms with Crippen molar-refractivity contribution in [3.8, 4) is 5.75 Å². The van der Waals surface area contributed by atoms with Crippen LogP contribution in [0, 0.1) is 5.82 Å². The molecule has 0 N–H and O–H groups in total. The highest BCUT2D eigenvalue weighted by Crippen LogP contribution is 2.26. The van der Waals surface area contributed by atoms with Gasteiger partial charge in [0.1, 0.15) is 5.69 Å². The molecule has 6 nitrogen and oxygen atoms in total. The van der Waals surface area contributed by atoms with Crippen LogP contribution < -0.4 is 4.74 Å². The number of ether oxygens (including phenoxy) is 2. The second-order valence-corrected chi connectivity index (χ2v) is 6.87. The largest absolute Gasteiger partial charge is 0.494 e. The van der Waals surface area contributed by atoms with E-state index in [9.17, 15) is 14.0 Å². The molecule has 28 heavy (non-hydrogen) atoms. The van der Waals surface area contributed by atoms with E-state index in [1.807, 2.05) is 21.7 Å². The summed E-state index contributed by atoms with van der Waals surface area (Å²) in [7, 11) is 2.79. The second-order valence-electron chi connectivity index (χ2n) is 6.87. The van der Waals surface area contributed by atoms with Crippen LogP contribution in [0.25, 0.3) is 0 Å². The van der Waals surface area contributed by atoms with E-state index in [0.717, 1.165) is 18.4 Å². The highest BCUT2D eigenvalue weighted by atomic mass is 19.1. The van der Waals surface area contributed by atoms with Gasteiger partial charge in [0, 0.05) is 31.7 Å². The Morgan fingerprint density at radius 1 is 1.18 bits per heavy atom. The van der Waals surface area contributed by atoms with E-state index in [1.165, 1.54) is 20.3 Å². The van der Waals surface area contributed by atoms with Crippen molar-refractivity contribution in [1.82, 2.24) is 9.47 Å². The molecule has 1 aliphatic heterocycles. The van der Waals surface area contributed by atoms with Gasteiger partial charge in [-0.05, 0) is 49.1 Å². The standard InChI is InChI=1S/C21H25FN2O4/c1-27-19-7-5-15(14-17(19)22)6-8-20(25)23-12-9-16(10-13-23)24-11-3-4-18(24)21(26)28-2/h3-5,7,11,14,16H,6,8-10,12-13H2,1-2H3. The number of methoxy groups -OCH3 is 2. The fraction of sp³-hybridized carbons (Fsp3) is 0.429. The number of hydrogen-bond acceptors (Lipinski definition) is 4. The lowest BCUT2D eigenvalue weighted by molar-refractivity contribution is -0.132. The maximum absolute atomic E-state index is 13.8. The molecule has 7 heteroatoms. The number of carbonyl (C=O) groups is 2. The minimum absolute atomic E-state index is 0.0652. The summed E-state index contributed by atoms with van der Waals surface area (Å²) < 4.78 is 25.4. The van der Waals surface area contributed by atoms with E-state index in [1.54, 1.807) is 18.2 Å². The van der Waals surface area contributed by atoms with E-state index >= 15 is 0 Å². The Balaban J connectivity index is 1.52. The number of halogens is 1. The van der Waals surface area contributed by atoms with Crippen molar-refractivity contribution >= 4 is 11.9 Å². The molecule has 1 aliphatic rings. The van der Waals surface area contributed by atoms with Crippen molar-refractivity contribution in [2.45, 2.75) is 31.7 Å². The molecule has 0 aliphatic carbocycles. The minimum Gasteiger partial charge on any atom is -0.494 e. The predicted molar refractivity (Wildman–Crippen MR) is 102 cm³/mol. The molecule has 1 fully saturated rings. The molecule has 2 heterocycles. The maximum atomic E-state index is 13.8. The van der Waals surface area contributed by atoms with Gasteiger partial charge in [-0.2, -0.15) is 0 Å². The summed E-state index contributed by atoms with van der Waals surface area (Å²) in [5.74, 6) is -0.500. The lowest BCUT2D eigenvalue weighted by Crippen LogP contribution is -2.39. The molecule has 1 aromatic heterocycles. The number of hydrogen-bond donors (Lipinski definition) is 0. The highest BCUT2D eigenvalue weighted by Gasteiger charge is 2.26. The topological polar surface area (TPSA) is 60.8 Å². The summed E-state index contributed by atoms with van der Waals surface area (Å²) in [5, 5.41) is 0. The molecule has 0 unspecified atom stereocenters. The lowest BCUT2D eigenvalue weighted by Gasteiger charge is -2.33. The second kappa shape index (κ2) is 8.91. The molecule has 2 aromatic rings. The first-order valence-electron chi connectivity index (χ1n) is 9.39. The van der Waals surface area contributed by atoms with E-state index in [4.69, 9.17) is 9.47 Å². The smallest absolute Gasteiger partial charge is 0.354 e. The molecular weight excluding hydrogens is 363 g/mol. The van der Waals surface area contributed by atoms with Crippen molar-refractivity contribution in [3.63, 3.8) is 0 Å². The monoisotopic (exact) mass is 388 g/mol. The first-order chi connectivity index (χ1) is 13.5. The van der Waals surface area contributed by atoms with Gasteiger partial charge in [0.05, 0.1) is 14.2 Å². The molecule has 3 rings (SSSR count). The van der Waals surface area contributed by atoms with Gasteiger partial charge in [-0.15, -0.1) is 0 Å². The molecule has 0 spiro atoms. The molecule has 0 bridgehead atoms. The number of likely N-dealkylation sites (tertiary alicyclic amines) is 1. The summed E-state index contributed by atoms with van der Waals surface area (Å²) in [6, 6.07) is 8.52. The van der Waals surface area contributed by atoms with Crippen LogP contribution in [0.3, 0.4) is 0 Å². The number of benzene rings is 1. The fourth-order valence-corrected chi connectivity index (χ4v) is 3.66. The Morgan fingerprint density at radius 2 is 1.93 bits per heavy atom. The molecule has 150 valence electrons. The van der Waals surface area contributed by atoms with Gasteiger partial charge < -0.3 is 18.9 Å². The molecule has 1 amide bonds. The average Bonchev–Trinajstić information content (AvgIpc) is 3.21. The maximum Gasteiger partial charge on any atom is 0.354 e. The van der Waals surface area contributed by atoms with Gasteiger partial charge in [-0.3, -0.25) is 4.79 Å². The number of piperidine rings is 1. The third-order valence-electron chi connectivity index (χ3n) is 5.23. The first kappa shape index (κ1) is 19.9. The van der Waals surface area contributed by atoms with Crippen LogP contribution in [-0.2, 0) is 16.0 Å². The van der Waals surface area contributed by atoms with Crippen molar-refractivity contribution in [2.24, 2.45) is 0 Å². The summed E-state index contributed by atoms with van der Waals surface area (Å²) in [6.07, 6.45) is 4.27. The molecule has 0 radical (unpaired) electrons. The summed E-state index contributed by atoms with van der Waals surface area (Å²) in [6.45, 7) is 1.28. The van der Waals surface area contributed by atoms with Crippen LogP contribution in [0.15, 0.2) is 36.5 Å². The van der Waals surface area contributed by atoms with Crippen LogP contribution in [-0.4, -0.2) is 48.7 Å². The Bertz CT molecular complexity index is 841. The zero-order valence-corrected chi connectivity index (χ0v) is 16.2. The minimum atomic E-state index is -0.415. The zero-order chi connectivity index (χ0) is 20.1. The van der Waals surface area contributed by atoms with Gasteiger partial charge in [-0.1, -0.05) is 6.07 Å². The number of rotatable bonds is 6. The summed E-state index contributed by atoms with van der Waals surface area (Å²) in [4.78, 5) is 26.2. The number of carbonyl (C=O) groups excluding carboxylic acids is 2. The normalized spacial score (nSPS) is 14.8. The number of amides is 1. The number of nitrogens with zero attached hydrogens (tertiary/aromatic N) is 2. The quantitative estimate of drug-likeness (QED) is 0.713. The third kappa shape index (κ3) is 4.35. The molecule has 0 atom stereocenters. The number of aromatic nitrogens is 1. The Hall–Kier alpha value is -2.83. The molecular formula is C21H25FN2O4. The third-order valence-corrected chi connectivity index (χ3v) is 5.23. The first-order valence-corrected chi connectivity index (χ1v) is 9.39. The van der Waals surface area contributed by atoms with Gasteiger partial charge in [0.15, 0.2) is 11.6 Å². The van der Waals surface area contributed by atoms with Crippen LogP contribution in [0.5, 0.6) is 5.75 Å². The highest BCUT2D eigenvalue weighted by molar-refractivity contribution is 5.87. The predicted octanol–water partition coefficient (Wildman–Crippen LogP) is 3.22. The van der Waals surface area contributed by atoms with E-state index in [2.05, 4.69) is 0 Å². The van der Waals surface area contributed by atoms with Gasteiger partial charge in [0.2, 0.25) is 5.91 Å². The van der Waals surface area contributed by atoms with Crippen LogP contribution in [0.4, 0.5) is 4.39 Å². The summed E-state index contributed by atoms with van der Waals surface area (Å²) in [5.41, 5.74) is 1.31.